The number of pyridine rings is 1. The Hall–Kier alpha value is -4.46. The fraction of sp³-hybridized carbons (Fsp3) is 0.241. The largest absolute Gasteiger partial charge is 0.480 e. The van der Waals surface area contributed by atoms with Crippen LogP contribution in [0, 0.1) is 27.7 Å². The monoisotopic (exact) mass is 498 g/mol. The summed E-state index contributed by atoms with van der Waals surface area (Å²) in [4.78, 5) is 33.4. The van der Waals surface area contributed by atoms with Gasteiger partial charge in [-0.1, -0.05) is 29.8 Å². The molecule has 0 aliphatic carbocycles. The van der Waals surface area contributed by atoms with Gasteiger partial charge in [0.05, 0.1) is 12.7 Å². The highest BCUT2D eigenvalue weighted by Crippen LogP contribution is 2.21. The van der Waals surface area contributed by atoms with E-state index in [1.807, 2.05) is 76.2 Å². The van der Waals surface area contributed by atoms with Crippen LogP contribution in [0.5, 0.6) is 0 Å². The molecule has 0 bridgehead atoms. The van der Waals surface area contributed by atoms with Crippen molar-refractivity contribution in [1.82, 2.24) is 15.3 Å². The molecule has 2 heterocycles. The van der Waals surface area contributed by atoms with Crippen LogP contribution in [-0.4, -0.2) is 33.0 Å². The van der Waals surface area contributed by atoms with Crippen molar-refractivity contribution >= 4 is 17.7 Å². The molecule has 3 N–H and O–H groups in total. The number of aryl methyl sites for hydroxylation is 4. The minimum atomic E-state index is -1.09. The second-order valence-electron chi connectivity index (χ2n) is 9.24. The number of benzene rings is 2. The number of carboxylic acids is 1. The molecule has 8 heteroatoms. The normalized spacial score (nSPS) is 11.7. The zero-order valence-electron chi connectivity index (χ0n) is 21.3. The van der Waals surface area contributed by atoms with Crippen LogP contribution in [0.2, 0.25) is 0 Å². The first-order valence-electron chi connectivity index (χ1n) is 12.0. The summed E-state index contributed by atoms with van der Waals surface area (Å²) in [7, 11) is 0. The lowest BCUT2D eigenvalue weighted by molar-refractivity contribution is -0.139. The molecule has 2 aromatic carbocycles. The van der Waals surface area contributed by atoms with E-state index < -0.39 is 12.0 Å². The van der Waals surface area contributed by atoms with Crippen molar-refractivity contribution in [1.29, 1.82) is 0 Å². The summed E-state index contributed by atoms with van der Waals surface area (Å²) < 4.78 is 5.86. The zero-order valence-corrected chi connectivity index (χ0v) is 21.3. The highest BCUT2D eigenvalue weighted by molar-refractivity contribution is 5.99. The first kappa shape index (κ1) is 25.6. The topological polar surface area (TPSA) is 117 Å². The molecule has 190 valence electrons. The van der Waals surface area contributed by atoms with Crippen LogP contribution in [0.4, 0.5) is 5.82 Å². The molecule has 8 nitrogen and oxygen atoms in total. The fourth-order valence-corrected chi connectivity index (χ4v) is 4.32. The van der Waals surface area contributed by atoms with Gasteiger partial charge in [0.25, 0.3) is 5.91 Å². The minimum absolute atomic E-state index is 0.148. The number of carbonyl (C=O) groups is 2. The van der Waals surface area contributed by atoms with Crippen molar-refractivity contribution in [3.05, 3.63) is 100 Å². The number of nitrogens with zero attached hydrogens (tertiary/aromatic N) is 2. The molecule has 4 aromatic rings. The second-order valence-corrected chi connectivity index (χ2v) is 9.24. The smallest absolute Gasteiger partial charge is 0.326 e. The van der Waals surface area contributed by atoms with Crippen molar-refractivity contribution in [3.8, 4) is 11.5 Å². The number of hydrogen-bond acceptors (Lipinski definition) is 6. The van der Waals surface area contributed by atoms with Gasteiger partial charge in [-0.15, -0.1) is 0 Å². The van der Waals surface area contributed by atoms with Gasteiger partial charge in [-0.3, -0.25) is 4.79 Å². The third-order valence-corrected chi connectivity index (χ3v) is 6.06. The molecule has 0 aliphatic heterocycles. The molecular formula is C29H30N4O4. The Morgan fingerprint density at radius 3 is 2.30 bits per heavy atom. The Bertz CT molecular complexity index is 1400. The Balaban J connectivity index is 1.40. The fourth-order valence-electron chi connectivity index (χ4n) is 4.32. The second kappa shape index (κ2) is 11.1. The predicted molar refractivity (Wildman–Crippen MR) is 141 cm³/mol. The molecule has 1 amide bonds. The third kappa shape index (κ3) is 6.41. The number of carbonyl (C=O) groups excluding carboxylic acids is 1. The molecule has 0 spiro atoms. The quantitative estimate of drug-likeness (QED) is 0.297. The lowest BCUT2D eigenvalue weighted by atomic mass is 9.98. The summed E-state index contributed by atoms with van der Waals surface area (Å²) in [5.41, 5.74) is 5.86. The number of hydrogen-bond donors (Lipinski definition) is 3. The van der Waals surface area contributed by atoms with Gasteiger partial charge in [-0.25, -0.2) is 14.8 Å². The molecule has 1 atom stereocenters. The number of oxazole rings is 1. The summed E-state index contributed by atoms with van der Waals surface area (Å²) >= 11 is 0. The van der Waals surface area contributed by atoms with Gasteiger partial charge in [0.15, 0.2) is 0 Å². The molecule has 2 aromatic heterocycles. The summed E-state index contributed by atoms with van der Waals surface area (Å²) in [6.45, 7) is 8.12. The van der Waals surface area contributed by atoms with E-state index in [0.29, 0.717) is 23.8 Å². The van der Waals surface area contributed by atoms with Gasteiger partial charge in [0.2, 0.25) is 5.89 Å². The lowest BCUT2D eigenvalue weighted by Crippen LogP contribution is -2.42. The van der Waals surface area contributed by atoms with E-state index in [2.05, 4.69) is 20.6 Å². The Morgan fingerprint density at radius 1 is 0.946 bits per heavy atom. The standard InChI is InChI=1S/C29H30N4O4/c1-17-9-10-30-25(13-17)31-15-23-16-32-28(37-23)22-7-5-21(6-8-22)14-24(29(35)36)33-27(34)26-19(3)11-18(2)12-20(26)4/h5-13,16,24H,14-15H2,1-4H3,(H,30,31)(H,33,34)(H,35,36). The highest BCUT2D eigenvalue weighted by atomic mass is 16.4. The third-order valence-electron chi connectivity index (χ3n) is 6.06. The van der Waals surface area contributed by atoms with Crippen molar-refractivity contribution in [2.45, 2.75) is 46.7 Å². The number of carboxylic acid groups (broad SMARTS) is 1. The average molecular weight is 499 g/mol. The van der Waals surface area contributed by atoms with E-state index in [1.54, 1.807) is 12.4 Å². The SMILES string of the molecule is Cc1ccnc(NCc2cnc(-c3ccc(CC(NC(=O)c4c(C)cc(C)cc4C)C(=O)O)cc3)o2)c1. The van der Waals surface area contributed by atoms with Crippen molar-refractivity contribution in [2.24, 2.45) is 0 Å². The molecule has 1 unspecified atom stereocenters. The maximum Gasteiger partial charge on any atom is 0.326 e. The van der Waals surface area contributed by atoms with E-state index >= 15 is 0 Å². The molecule has 0 radical (unpaired) electrons. The number of nitrogens with one attached hydrogen (secondary N) is 2. The average Bonchev–Trinajstić information content (AvgIpc) is 3.31. The van der Waals surface area contributed by atoms with Crippen LogP contribution in [0.25, 0.3) is 11.5 Å². The first-order chi connectivity index (χ1) is 17.7. The van der Waals surface area contributed by atoms with Crippen molar-refractivity contribution in [2.75, 3.05) is 5.32 Å². The number of anilines is 1. The highest BCUT2D eigenvalue weighted by Gasteiger charge is 2.23. The van der Waals surface area contributed by atoms with E-state index in [0.717, 1.165) is 39.2 Å². The summed E-state index contributed by atoms with van der Waals surface area (Å²) in [5, 5.41) is 15.6. The number of rotatable bonds is 9. The van der Waals surface area contributed by atoms with E-state index in [1.165, 1.54) is 0 Å². The van der Waals surface area contributed by atoms with Gasteiger partial charge in [-0.2, -0.15) is 0 Å². The maximum atomic E-state index is 12.9. The lowest BCUT2D eigenvalue weighted by Gasteiger charge is -2.17. The molecule has 0 saturated carbocycles. The van der Waals surface area contributed by atoms with Gasteiger partial charge < -0.3 is 20.2 Å². The summed E-state index contributed by atoms with van der Waals surface area (Å²) in [6.07, 6.45) is 3.56. The minimum Gasteiger partial charge on any atom is -0.480 e. The van der Waals surface area contributed by atoms with Crippen molar-refractivity contribution in [3.63, 3.8) is 0 Å². The first-order valence-corrected chi connectivity index (χ1v) is 12.0. The number of aliphatic carboxylic acids is 1. The van der Waals surface area contributed by atoms with Crippen LogP contribution in [-0.2, 0) is 17.8 Å². The van der Waals surface area contributed by atoms with E-state index in [4.69, 9.17) is 4.42 Å². The van der Waals surface area contributed by atoms with Gasteiger partial charge in [0.1, 0.15) is 17.6 Å². The van der Waals surface area contributed by atoms with Crippen molar-refractivity contribution < 1.29 is 19.1 Å². The van der Waals surface area contributed by atoms with Gasteiger partial charge in [-0.05, 0) is 74.2 Å². The van der Waals surface area contributed by atoms with E-state index in [9.17, 15) is 14.7 Å². The van der Waals surface area contributed by atoms with Crippen LogP contribution in [0.1, 0.15) is 43.9 Å². The molecular weight excluding hydrogens is 468 g/mol. The molecule has 0 fully saturated rings. The van der Waals surface area contributed by atoms with Crippen LogP contribution in [0.15, 0.2) is 65.3 Å². The van der Waals surface area contributed by atoms with E-state index in [-0.39, 0.29) is 12.3 Å². The molecule has 0 aliphatic rings. The van der Waals surface area contributed by atoms with Crippen LogP contribution in [0.3, 0.4) is 0 Å². The number of aromatic nitrogens is 2. The molecule has 37 heavy (non-hydrogen) atoms. The maximum absolute atomic E-state index is 12.9. The zero-order chi connectivity index (χ0) is 26.5. The Morgan fingerprint density at radius 2 is 1.65 bits per heavy atom. The summed E-state index contributed by atoms with van der Waals surface area (Å²) in [6, 6.07) is 13.9. The molecule has 0 saturated heterocycles. The Labute approximate surface area is 215 Å². The van der Waals surface area contributed by atoms with Crippen LogP contribution < -0.4 is 10.6 Å². The Kier molecular flexibility index (Phi) is 7.67. The molecule has 4 rings (SSSR count). The van der Waals surface area contributed by atoms with Crippen LogP contribution >= 0.6 is 0 Å². The van der Waals surface area contributed by atoms with Gasteiger partial charge in [0, 0.05) is 23.7 Å². The number of amides is 1. The summed E-state index contributed by atoms with van der Waals surface area (Å²) in [5.74, 6) is 0.412. The van der Waals surface area contributed by atoms with Gasteiger partial charge >= 0.3 is 5.97 Å². The predicted octanol–water partition coefficient (Wildman–Crippen LogP) is 5.01.